The minimum atomic E-state index is -3.49. The second-order valence-electron chi connectivity index (χ2n) is 3.91. The summed E-state index contributed by atoms with van der Waals surface area (Å²) in [7, 11) is -3.49. The van der Waals surface area contributed by atoms with Gasteiger partial charge < -0.3 is 0 Å². The van der Waals surface area contributed by atoms with Crippen LogP contribution in [0.5, 0.6) is 0 Å². The molecule has 2 rings (SSSR count). The molecule has 0 unspecified atom stereocenters. The van der Waals surface area contributed by atoms with E-state index in [9.17, 15) is 8.42 Å². The fourth-order valence-corrected chi connectivity index (χ4v) is 3.82. The van der Waals surface area contributed by atoms with Gasteiger partial charge in [-0.2, -0.15) is 5.10 Å². The van der Waals surface area contributed by atoms with Crippen molar-refractivity contribution in [1.82, 2.24) is 14.9 Å². The molecule has 0 aliphatic heterocycles. The molecule has 0 spiro atoms. The smallest absolute Gasteiger partial charge is 0.244 e. The fraction of sp³-hybridized carbons (Fsp3) is 0.364. The van der Waals surface area contributed by atoms with Crippen LogP contribution in [0.1, 0.15) is 23.1 Å². The van der Waals surface area contributed by atoms with E-state index in [-0.39, 0.29) is 4.90 Å². The Hall–Kier alpha value is -1.18. The molecule has 7 heteroatoms. The quantitative estimate of drug-likeness (QED) is 0.880. The lowest BCUT2D eigenvalue weighted by Gasteiger charge is -2.05. The number of H-pyrrole nitrogens is 1. The molecule has 2 heterocycles. The largest absolute Gasteiger partial charge is 0.281 e. The molecular formula is C11H15N3O2S2. The van der Waals surface area contributed by atoms with Crippen LogP contribution in [-0.4, -0.2) is 18.6 Å². The highest BCUT2D eigenvalue weighted by Gasteiger charge is 2.18. The van der Waals surface area contributed by atoms with Gasteiger partial charge in [0.2, 0.25) is 10.0 Å². The van der Waals surface area contributed by atoms with Gasteiger partial charge in [0.1, 0.15) is 4.90 Å². The molecule has 0 aliphatic carbocycles. The van der Waals surface area contributed by atoms with Gasteiger partial charge in [0, 0.05) is 11.4 Å². The molecule has 0 aliphatic rings. The minimum absolute atomic E-state index is 0.206. The van der Waals surface area contributed by atoms with Crippen LogP contribution >= 0.6 is 11.3 Å². The lowest BCUT2D eigenvalue weighted by Crippen LogP contribution is -2.23. The van der Waals surface area contributed by atoms with Crippen LogP contribution in [0.15, 0.2) is 22.5 Å². The van der Waals surface area contributed by atoms with E-state index in [1.54, 1.807) is 18.3 Å². The summed E-state index contributed by atoms with van der Waals surface area (Å²) >= 11 is 1.57. The third-order valence-corrected chi connectivity index (χ3v) is 5.19. The predicted octanol–water partition coefficient (Wildman–Crippen LogP) is 1.82. The van der Waals surface area contributed by atoms with E-state index in [1.807, 2.05) is 11.4 Å². The van der Waals surface area contributed by atoms with Crippen molar-refractivity contribution in [3.63, 3.8) is 0 Å². The number of aromatic nitrogens is 2. The van der Waals surface area contributed by atoms with Crippen molar-refractivity contribution in [2.24, 2.45) is 0 Å². The summed E-state index contributed by atoms with van der Waals surface area (Å²) in [6, 6.07) is 2.03. The van der Waals surface area contributed by atoms with Crippen molar-refractivity contribution in [3.8, 4) is 0 Å². The predicted molar refractivity (Wildman–Crippen MR) is 71.0 cm³/mol. The Labute approximate surface area is 110 Å². The monoisotopic (exact) mass is 285 g/mol. The normalized spacial score (nSPS) is 11.9. The Morgan fingerprint density at radius 2 is 2.28 bits per heavy atom. The summed E-state index contributed by atoms with van der Waals surface area (Å²) in [5.74, 6) is 0. The number of nitrogens with zero attached hydrogens (tertiary/aromatic N) is 1. The third-order valence-electron chi connectivity index (χ3n) is 2.71. The van der Waals surface area contributed by atoms with Gasteiger partial charge in [-0.1, -0.05) is 6.92 Å². The van der Waals surface area contributed by atoms with Gasteiger partial charge in [-0.15, -0.1) is 11.3 Å². The second kappa shape index (κ2) is 5.21. The summed E-state index contributed by atoms with van der Waals surface area (Å²) in [4.78, 5) is 1.26. The van der Waals surface area contributed by atoms with Gasteiger partial charge in [0.05, 0.1) is 11.9 Å². The number of nitrogens with one attached hydrogen (secondary N) is 2. The van der Waals surface area contributed by atoms with Crippen molar-refractivity contribution in [1.29, 1.82) is 0 Å². The number of rotatable bonds is 5. The fourth-order valence-electron chi connectivity index (χ4n) is 1.69. The maximum atomic E-state index is 12.0. The molecular weight excluding hydrogens is 270 g/mol. The van der Waals surface area contributed by atoms with E-state index >= 15 is 0 Å². The van der Waals surface area contributed by atoms with E-state index < -0.39 is 10.0 Å². The zero-order valence-corrected chi connectivity index (χ0v) is 11.9. The summed E-state index contributed by atoms with van der Waals surface area (Å²) in [6.45, 7) is 4.07. The zero-order chi connectivity index (χ0) is 13.2. The maximum absolute atomic E-state index is 12.0. The molecule has 0 radical (unpaired) electrons. The lowest BCUT2D eigenvalue weighted by atomic mass is 10.2. The standard InChI is InChI=1S/C11H15N3O2S2/c1-3-9-4-5-17-10(9)6-13-18(15,16)11-7-12-14-8(11)2/h4-5,7,13H,3,6H2,1-2H3,(H,12,14). The summed E-state index contributed by atoms with van der Waals surface area (Å²) in [6.07, 6.45) is 2.23. The van der Waals surface area contributed by atoms with E-state index in [0.717, 1.165) is 11.3 Å². The maximum Gasteiger partial charge on any atom is 0.244 e. The molecule has 0 aromatic carbocycles. The Morgan fingerprint density at radius 1 is 1.50 bits per heavy atom. The summed E-state index contributed by atoms with van der Waals surface area (Å²) in [5.41, 5.74) is 1.73. The van der Waals surface area contributed by atoms with Crippen molar-refractivity contribution in [2.75, 3.05) is 0 Å². The third kappa shape index (κ3) is 2.63. The number of aryl methyl sites for hydroxylation is 2. The van der Waals surface area contributed by atoms with Crippen molar-refractivity contribution >= 4 is 21.4 Å². The first kappa shape index (κ1) is 13.3. The summed E-state index contributed by atoms with van der Waals surface area (Å²) in [5, 5.41) is 8.33. The second-order valence-corrected chi connectivity index (χ2v) is 6.64. The SMILES string of the molecule is CCc1ccsc1CNS(=O)(=O)c1cn[nH]c1C. The average Bonchev–Trinajstić information content (AvgIpc) is 2.94. The van der Waals surface area contributed by atoms with Crippen LogP contribution in [0.4, 0.5) is 0 Å². The highest BCUT2D eigenvalue weighted by Crippen LogP contribution is 2.18. The van der Waals surface area contributed by atoms with Crippen LogP contribution in [0.2, 0.25) is 0 Å². The molecule has 2 N–H and O–H groups in total. The molecule has 98 valence electrons. The molecule has 0 saturated heterocycles. The highest BCUT2D eigenvalue weighted by atomic mass is 32.2. The van der Waals surface area contributed by atoms with E-state index in [2.05, 4.69) is 21.8 Å². The Balaban J connectivity index is 2.13. The molecule has 0 amide bonds. The van der Waals surface area contributed by atoms with Gasteiger partial charge in [-0.05, 0) is 30.4 Å². The van der Waals surface area contributed by atoms with Crippen LogP contribution in [0.3, 0.4) is 0 Å². The lowest BCUT2D eigenvalue weighted by molar-refractivity contribution is 0.581. The molecule has 0 bridgehead atoms. The topological polar surface area (TPSA) is 74.8 Å². The van der Waals surface area contributed by atoms with Crippen molar-refractivity contribution in [2.45, 2.75) is 31.7 Å². The first-order chi connectivity index (χ1) is 8.54. The molecule has 0 saturated carbocycles. The number of aromatic amines is 1. The Morgan fingerprint density at radius 3 is 2.89 bits per heavy atom. The zero-order valence-electron chi connectivity index (χ0n) is 10.2. The van der Waals surface area contributed by atoms with E-state index in [0.29, 0.717) is 12.2 Å². The minimum Gasteiger partial charge on any atom is -0.281 e. The Bertz CT molecular complexity index is 628. The van der Waals surface area contributed by atoms with Crippen molar-refractivity contribution in [3.05, 3.63) is 33.8 Å². The van der Waals surface area contributed by atoms with Crippen molar-refractivity contribution < 1.29 is 8.42 Å². The van der Waals surface area contributed by atoms with Gasteiger partial charge in [0.15, 0.2) is 0 Å². The Kier molecular flexibility index (Phi) is 3.84. The molecule has 0 atom stereocenters. The number of hydrogen-bond acceptors (Lipinski definition) is 4. The van der Waals surface area contributed by atoms with Crippen LogP contribution in [0.25, 0.3) is 0 Å². The first-order valence-electron chi connectivity index (χ1n) is 5.59. The highest BCUT2D eigenvalue weighted by molar-refractivity contribution is 7.89. The van der Waals surface area contributed by atoms with Gasteiger partial charge in [-0.3, -0.25) is 5.10 Å². The summed E-state index contributed by atoms with van der Waals surface area (Å²) < 4.78 is 26.7. The van der Waals surface area contributed by atoms with Gasteiger partial charge in [-0.25, -0.2) is 13.1 Å². The molecule has 5 nitrogen and oxygen atoms in total. The van der Waals surface area contributed by atoms with Crippen LogP contribution < -0.4 is 4.72 Å². The molecule has 18 heavy (non-hydrogen) atoms. The number of thiophene rings is 1. The first-order valence-corrected chi connectivity index (χ1v) is 7.95. The molecule has 2 aromatic rings. The van der Waals surface area contributed by atoms with Crippen LogP contribution in [0, 0.1) is 6.92 Å². The molecule has 0 fully saturated rings. The van der Waals surface area contributed by atoms with Gasteiger partial charge in [0.25, 0.3) is 0 Å². The van der Waals surface area contributed by atoms with E-state index in [4.69, 9.17) is 0 Å². The number of hydrogen-bond donors (Lipinski definition) is 2. The molecule has 2 aromatic heterocycles. The van der Waals surface area contributed by atoms with Gasteiger partial charge >= 0.3 is 0 Å². The van der Waals surface area contributed by atoms with Crippen LogP contribution in [-0.2, 0) is 23.0 Å². The average molecular weight is 285 g/mol. The van der Waals surface area contributed by atoms with E-state index in [1.165, 1.54) is 11.8 Å². The number of sulfonamides is 1.